The maximum Gasteiger partial charge on any atom is 0.133 e. The molecule has 0 saturated heterocycles. The summed E-state index contributed by atoms with van der Waals surface area (Å²) in [5, 5.41) is 7.82. The van der Waals surface area contributed by atoms with Crippen molar-refractivity contribution < 1.29 is 4.74 Å². The van der Waals surface area contributed by atoms with E-state index in [2.05, 4.69) is 28.6 Å². The summed E-state index contributed by atoms with van der Waals surface area (Å²) in [6.45, 7) is 0. The van der Waals surface area contributed by atoms with Gasteiger partial charge in [0.15, 0.2) is 0 Å². The molecule has 2 aromatic rings. The molecule has 0 saturated carbocycles. The Morgan fingerprint density at radius 1 is 1.45 bits per heavy atom. The van der Waals surface area contributed by atoms with Crippen molar-refractivity contribution in [2.24, 2.45) is 7.05 Å². The SMILES string of the molecule is CNC(Cc1ccn(C)n1)C1CSc2ccccc2O1. The molecule has 1 aromatic heterocycles. The topological polar surface area (TPSA) is 39.1 Å². The van der Waals surface area contributed by atoms with Gasteiger partial charge in [0.2, 0.25) is 0 Å². The Bertz CT molecular complexity index is 584. The Labute approximate surface area is 123 Å². The van der Waals surface area contributed by atoms with Gasteiger partial charge in [-0.2, -0.15) is 5.10 Å². The first-order chi connectivity index (χ1) is 9.76. The van der Waals surface area contributed by atoms with Gasteiger partial charge in [0.25, 0.3) is 0 Å². The van der Waals surface area contributed by atoms with Crippen molar-refractivity contribution in [3.05, 3.63) is 42.2 Å². The van der Waals surface area contributed by atoms with E-state index in [0.29, 0.717) is 0 Å². The van der Waals surface area contributed by atoms with Gasteiger partial charge in [-0.05, 0) is 25.2 Å². The van der Waals surface area contributed by atoms with E-state index in [0.717, 1.165) is 23.6 Å². The van der Waals surface area contributed by atoms with Crippen LogP contribution >= 0.6 is 11.8 Å². The number of nitrogens with zero attached hydrogens (tertiary/aromatic N) is 2. The molecule has 1 aromatic carbocycles. The highest BCUT2D eigenvalue weighted by molar-refractivity contribution is 7.99. The van der Waals surface area contributed by atoms with Crippen LogP contribution in [0.5, 0.6) is 5.75 Å². The Kier molecular flexibility index (Phi) is 3.98. The molecule has 2 atom stereocenters. The maximum absolute atomic E-state index is 6.15. The summed E-state index contributed by atoms with van der Waals surface area (Å²) in [5.74, 6) is 1.96. The lowest BCUT2D eigenvalue weighted by Gasteiger charge is -2.31. The molecule has 0 bridgehead atoms. The molecule has 1 aliphatic heterocycles. The van der Waals surface area contributed by atoms with Crippen LogP contribution < -0.4 is 10.1 Å². The number of ether oxygens (including phenoxy) is 1. The van der Waals surface area contributed by atoms with Crippen LogP contribution in [0, 0.1) is 0 Å². The lowest BCUT2D eigenvalue weighted by Crippen LogP contribution is -2.45. The standard InChI is InChI=1S/C15H19N3OS/c1-16-12(9-11-7-8-18(2)17-11)14-10-20-15-6-4-3-5-13(15)19-14/h3-8,12,14,16H,9-10H2,1-2H3. The Morgan fingerprint density at radius 3 is 3.05 bits per heavy atom. The van der Waals surface area contributed by atoms with Gasteiger partial charge >= 0.3 is 0 Å². The molecular weight excluding hydrogens is 270 g/mol. The van der Waals surface area contributed by atoms with Crippen molar-refractivity contribution in [3.63, 3.8) is 0 Å². The molecule has 2 unspecified atom stereocenters. The molecule has 3 rings (SSSR count). The highest BCUT2D eigenvalue weighted by atomic mass is 32.2. The number of aromatic nitrogens is 2. The number of benzene rings is 1. The van der Waals surface area contributed by atoms with E-state index in [-0.39, 0.29) is 12.1 Å². The Balaban J connectivity index is 1.71. The van der Waals surface area contributed by atoms with Crippen LogP contribution in [0.25, 0.3) is 0 Å². The van der Waals surface area contributed by atoms with Gasteiger partial charge < -0.3 is 10.1 Å². The van der Waals surface area contributed by atoms with Crippen molar-refractivity contribution >= 4 is 11.8 Å². The van der Waals surface area contributed by atoms with E-state index in [9.17, 15) is 0 Å². The summed E-state index contributed by atoms with van der Waals surface area (Å²) < 4.78 is 7.99. The summed E-state index contributed by atoms with van der Waals surface area (Å²) in [7, 11) is 3.93. The monoisotopic (exact) mass is 289 g/mol. The normalized spacial score (nSPS) is 19.2. The van der Waals surface area contributed by atoms with Crippen molar-refractivity contribution in [2.75, 3.05) is 12.8 Å². The van der Waals surface area contributed by atoms with Crippen LogP contribution in [-0.2, 0) is 13.5 Å². The van der Waals surface area contributed by atoms with Crippen LogP contribution in [0.4, 0.5) is 0 Å². The first kappa shape index (κ1) is 13.5. The smallest absolute Gasteiger partial charge is 0.133 e. The molecule has 20 heavy (non-hydrogen) atoms. The van der Waals surface area contributed by atoms with Crippen molar-refractivity contribution in [3.8, 4) is 5.75 Å². The summed E-state index contributed by atoms with van der Waals surface area (Å²) in [6.07, 6.45) is 3.03. The third-order valence-corrected chi connectivity index (χ3v) is 4.69. The quantitative estimate of drug-likeness (QED) is 0.935. The van der Waals surface area contributed by atoms with E-state index < -0.39 is 0 Å². The largest absolute Gasteiger partial charge is 0.487 e. The molecule has 0 amide bonds. The van der Waals surface area contributed by atoms with Gasteiger partial charge in [-0.25, -0.2) is 0 Å². The minimum atomic E-state index is 0.168. The maximum atomic E-state index is 6.15. The molecule has 2 heterocycles. The molecule has 1 aliphatic rings. The second kappa shape index (κ2) is 5.89. The number of likely N-dealkylation sites (N-methyl/N-ethyl adjacent to an activating group) is 1. The predicted molar refractivity (Wildman–Crippen MR) is 81.3 cm³/mol. The predicted octanol–water partition coefficient (Wildman–Crippen LogP) is 2.10. The van der Waals surface area contributed by atoms with E-state index in [1.165, 1.54) is 4.90 Å². The van der Waals surface area contributed by atoms with Crippen molar-refractivity contribution in [1.29, 1.82) is 0 Å². The molecule has 1 N–H and O–H groups in total. The van der Waals surface area contributed by atoms with Gasteiger partial charge in [0.05, 0.1) is 11.7 Å². The minimum Gasteiger partial charge on any atom is -0.487 e. The van der Waals surface area contributed by atoms with Gasteiger partial charge in [-0.1, -0.05) is 12.1 Å². The van der Waals surface area contributed by atoms with Gasteiger partial charge in [0, 0.05) is 30.3 Å². The van der Waals surface area contributed by atoms with E-state index in [1.807, 2.05) is 48.9 Å². The van der Waals surface area contributed by atoms with Gasteiger partial charge in [-0.15, -0.1) is 11.8 Å². The molecule has 0 spiro atoms. The fourth-order valence-corrected chi connectivity index (χ4v) is 3.53. The number of hydrogen-bond donors (Lipinski definition) is 1. The number of rotatable bonds is 4. The zero-order chi connectivity index (χ0) is 13.9. The fourth-order valence-electron chi connectivity index (χ4n) is 2.45. The van der Waals surface area contributed by atoms with Crippen LogP contribution in [-0.4, -0.2) is 34.7 Å². The minimum absolute atomic E-state index is 0.168. The summed E-state index contributed by atoms with van der Waals surface area (Å²) in [5.41, 5.74) is 1.10. The van der Waals surface area contributed by atoms with E-state index in [1.54, 1.807) is 0 Å². The lowest BCUT2D eigenvalue weighted by atomic mass is 10.1. The van der Waals surface area contributed by atoms with Crippen LogP contribution in [0.15, 0.2) is 41.4 Å². The van der Waals surface area contributed by atoms with Crippen LogP contribution in [0.2, 0.25) is 0 Å². The number of hydrogen-bond acceptors (Lipinski definition) is 4. The average Bonchev–Trinajstić information content (AvgIpc) is 2.89. The summed E-state index contributed by atoms with van der Waals surface area (Å²) in [4.78, 5) is 1.23. The molecular formula is C15H19N3OS. The highest BCUT2D eigenvalue weighted by Crippen LogP contribution is 2.35. The first-order valence-corrected chi connectivity index (χ1v) is 7.79. The third-order valence-electron chi connectivity index (χ3n) is 3.55. The number of nitrogens with one attached hydrogen (secondary N) is 1. The van der Waals surface area contributed by atoms with E-state index in [4.69, 9.17) is 4.74 Å². The highest BCUT2D eigenvalue weighted by Gasteiger charge is 2.27. The van der Waals surface area contributed by atoms with Crippen LogP contribution in [0.3, 0.4) is 0 Å². The summed E-state index contributed by atoms with van der Waals surface area (Å²) >= 11 is 1.87. The molecule has 0 radical (unpaired) electrons. The Hall–Kier alpha value is -1.46. The van der Waals surface area contributed by atoms with Crippen LogP contribution in [0.1, 0.15) is 5.69 Å². The van der Waals surface area contributed by atoms with Gasteiger partial charge in [0.1, 0.15) is 11.9 Å². The summed E-state index contributed by atoms with van der Waals surface area (Å²) in [6, 6.07) is 10.6. The fraction of sp³-hybridized carbons (Fsp3) is 0.400. The molecule has 0 fully saturated rings. The van der Waals surface area contributed by atoms with Gasteiger partial charge in [-0.3, -0.25) is 4.68 Å². The number of aryl methyl sites for hydroxylation is 1. The zero-order valence-electron chi connectivity index (χ0n) is 11.7. The second-order valence-electron chi connectivity index (χ2n) is 4.99. The molecule has 5 heteroatoms. The molecule has 4 nitrogen and oxygen atoms in total. The van der Waals surface area contributed by atoms with Crippen molar-refractivity contribution in [1.82, 2.24) is 15.1 Å². The van der Waals surface area contributed by atoms with E-state index >= 15 is 0 Å². The first-order valence-electron chi connectivity index (χ1n) is 6.80. The molecule has 0 aliphatic carbocycles. The zero-order valence-corrected chi connectivity index (χ0v) is 12.6. The Morgan fingerprint density at radius 2 is 2.30 bits per heavy atom. The molecule has 106 valence electrons. The van der Waals surface area contributed by atoms with Crippen molar-refractivity contribution in [2.45, 2.75) is 23.5 Å². The second-order valence-corrected chi connectivity index (χ2v) is 6.06. The lowest BCUT2D eigenvalue weighted by molar-refractivity contribution is 0.169. The third kappa shape index (κ3) is 2.83. The average molecular weight is 289 g/mol. The number of para-hydroxylation sites is 1. The number of thioether (sulfide) groups is 1. The number of fused-ring (bicyclic) bond motifs is 1.